The molecule has 16 heteroatoms. The van der Waals surface area contributed by atoms with Gasteiger partial charge in [0, 0.05) is 50.0 Å². The molecule has 4 N–H and O–H groups in total. The minimum atomic E-state index is -1.12. The van der Waals surface area contributed by atoms with Gasteiger partial charge >= 0.3 is 34.1 Å². The van der Waals surface area contributed by atoms with Gasteiger partial charge in [-0.1, -0.05) is 48.5 Å². The van der Waals surface area contributed by atoms with Gasteiger partial charge in [0.15, 0.2) is 0 Å². The number of aromatic nitrogens is 4. The van der Waals surface area contributed by atoms with Gasteiger partial charge in [-0.05, 0) is 48.0 Å². The van der Waals surface area contributed by atoms with Gasteiger partial charge in [0.25, 0.3) is 0 Å². The third-order valence-electron chi connectivity index (χ3n) is 5.63. The molecule has 2 atom stereocenters. The number of imidazole rings is 2. The first kappa shape index (κ1) is 45.2. The van der Waals surface area contributed by atoms with Crippen molar-refractivity contribution in [1.82, 2.24) is 30.6 Å². The standard InChI is InChI=1S/2C12H17NO3S.2C3H4N2.2Cu/c2*1-17-7-6-10(12(15)16)13-8-9-4-2-3-5-11(9)14;2*1-2-5-3-4-1;;/h2*2-5,10,13-14H,6-8H2,1H3,(H,15,16);2*1-3H,(H,4,5);;/q;;;;2*+2/p-4/t2*10-;;;;/m00..../s1. The molecular formula is C30H38Cu2N6O6S2. The third kappa shape index (κ3) is 21.7. The minimum absolute atomic E-state index is 0. The van der Waals surface area contributed by atoms with Crippen molar-refractivity contribution >= 4 is 35.5 Å². The number of benzene rings is 2. The summed E-state index contributed by atoms with van der Waals surface area (Å²) in [5.74, 6) is -0.927. The Morgan fingerprint density at radius 1 is 0.717 bits per heavy atom. The van der Waals surface area contributed by atoms with Gasteiger partial charge in [-0.25, -0.2) is 9.97 Å². The maximum Gasteiger partial charge on any atom is 2.00 e. The second-order valence-corrected chi connectivity index (χ2v) is 10.8. The molecule has 0 amide bonds. The average Bonchev–Trinajstić information content (AvgIpc) is 3.79. The zero-order valence-corrected chi connectivity index (χ0v) is 28.8. The second kappa shape index (κ2) is 29.5. The number of carboxylic acid groups (broad SMARTS) is 2. The van der Waals surface area contributed by atoms with Crippen molar-refractivity contribution in [2.75, 3.05) is 24.0 Å². The first-order chi connectivity index (χ1) is 21.3. The molecule has 2 aromatic carbocycles. The summed E-state index contributed by atoms with van der Waals surface area (Å²) in [5.41, 5.74) is 1.14. The largest absolute Gasteiger partial charge is 2.00 e. The quantitative estimate of drug-likeness (QED) is 0.128. The van der Waals surface area contributed by atoms with E-state index < -0.39 is 24.0 Å². The number of carbonyl (C=O) groups excluding carboxylic acids is 2. The number of carbonyl (C=O) groups is 2. The van der Waals surface area contributed by atoms with Crippen LogP contribution in [0.2, 0.25) is 0 Å². The zero-order valence-electron chi connectivity index (χ0n) is 25.2. The maximum atomic E-state index is 11.4. The Kier molecular flexibility index (Phi) is 28.9. The molecule has 2 heterocycles. The van der Waals surface area contributed by atoms with Gasteiger partial charge in [-0.3, -0.25) is 0 Å². The molecule has 12 nitrogen and oxygen atoms in total. The van der Waals surface area contributed by atoms with Crippen LogP contribution in [0.4, 0.5) is 0 Å². The number of aliphatic carboxylic acids is 2. The van der Waals surface area contributed by atoms with E-state index in [2.05, 4.69) is 30.6 Å². The number of nitrogens with one attached hydrogen (secondary N) is 4. The fourth-order valence-corrected chi connectivity index (χ4v) is 4.22. The van der Waals surface area contributed by atoms with Crippen molar-refractivity contribution in [3.8, 4) is 11.5 Å². The van der Waals surface area contributed by atoms with Gasteiger partial charge in [0.05, 0.1) is 24.6 Å². The van der Waals surface area contributed by atoms with E-state index >= 15 is 0 Å². The van der Waals surface area contributed by atoms with Gasteiger partial charge in [-0.15, -0.1) is 11.5 Å². The molecule has 4 aromatic rings. The minimum Gasteiger partial charge on any atom is -0.872 e. The van der Waals surface area contributed by atoms with Gasteiger partial charge in [0.2, 0.25) is 0 Å². The summed E-state index contributed by atoms with van der Waals surface area (Å²) in [6, 6.07) is 11.7. The number of para-hydroxylation sites is 2. The van der Waals surface area contributed by atoms with Crippen molar-refractivity contribution in [2.24, 2.45) is 0 Å². The van der Waals surface area contributed by atoms with Gasteiger partial charge < -0.3 is 50.6 Å². The molecule has 2 aromatic heterocycles. The van der Waals surface area contributed by atoms with Crippen LogP contribution in [0, 0.1) is 0 Å². The summed E-state index contributed by atoms with van der Waals surface area (Å²) in [6.07, 6.45) is 15.0. The Balaban J connectivity index is 0. The smallest absolute Gasteiger partial charge is 0.872 e. The van der Waals surface area contributed by atoms with Crippen molar-refractivity contribution in [3.63, 3.8) is 0 Å². The molecular weight excluding hydrogens is 732 g/mol. The topological polar surface area (TPSA) is 208 Å². The van der Waals surface area contributed by atoms with Crippen molar-refractivity contribution in [2.45, 2.75) is 38.0 Å². The van der Waals surface area contributed by atoms with E-state index in [0.717, 1.165) is 11.5 Å². The number of hydrogen-bond acceptors (Lipinski definition) is 12. The van der Waals surface area contributed by atoms with Gasteiger partial charge in [-0.2, -0.15) is 23.5 Å². The van der Waals surface area contributed by atoms with E-state index in [9.17, 15) is 30.0 Å². The summed E-state index contributed by atoms with van der Waals surface area (Å²) in [6.45, 7) is 0.513. The molecule has 0 aliphatic carbocycles. The molecule has 0 spiro atoms. The fraction of sp³-hybridized carbons (Fsp3) is 0.333. The number of hydrogen-bond donors (Lipinski definition) is 4. The van der Waals surface area contributed by atoms with E-state index in [1.54, 1.807) is 97.4 Å². The number of H-pyrrole nitrogens is 2. The van der Waals surface area contributed by atoms with Crippen LogP contribution in [0.15, 0.2) is 86.0 Å². The summed E-state index contributed by atoms with van der Waals surface area (Å²) in [5, 5.41) is 50.2. The molecule has 2 radical (unpaired) electrons. The van der Waals surface area contributed by atoms with E-state index in [4.69, 9.17) is 0 Å². The molecule has 0 bridgehead atoms. The number of carboxylic acids is 2. The fourth-order valence-electron chi connectivity index (χ4n) is 3.27. The molecule has 0 aliphatic rings. The van der Waals surface area contributed by atoms with E-state index in [-0.39, 0.29) is 58.7 Å². The first-order valence-electron chi connectivity index (χ1n) is 13.5. The van der Waals surface area contributed by atoms with Crippen LogP contribution < -0.4 is 31.1 Å². The van der Waals surface area contributed by atoms with E-state index in [1.807, 2.05) is 12.5 Å². The number of rotatable bonds is 14. The molecule has 0 fully saturated rings. The Bertz CT molecular complexity index is 1140. The van der Waals surface area contributed by atoms with E-state index in [1.165, 1.54) is 12.1 Å². The number of nitrogens with zero attached hydrogens (tertiary/aromatic N) is 2. The maximum absolute atomic E-state index is 11.4. The van der Waals surface area contributed by atoms with Crippen LogP contribution >= 0.6 is 23.5 Å². The summed E-state index contributed by atoms with van der Waals surface area (Å²) >= 11 is 3.16. The van der Waals surface area contributed by atoms with Crippen LogP contribution in [0.3, 0.4) is 0 Å². The summed E-state index contributed by atoms with van der Waals surface area (Å²) < 4.78 is 0. The molecule has 4 rings (SSSR count). The SMILES string of the molecule is CSCC[C@H](NCc1ccccc1[O-])C(=O)[O-].CSCC[C@H](NCc1ccccc1[O-])C(=O)[O-].[Cu+2].[Cu+2].c1c[nH]cn1.c1c[nH]cn1. The molecule has 0 saturated carbocycles. The zero-order chi connectivity index (χ0) is 32.4. The summed E-state index contributed by atoms with van der Waals surface area (Å²) in [7, 11) is 0. The van der Waals surface area contributed by atoms with Crippen LogP contribution in [0.5, 0.6) is 11.5 Å². The van der Waals surface area contributed by atoms with E-state index in [0.29, 0.717) is 24.0 Å². The third-order valence-corrected chi connectivity index (χ3v) is 6.91. The molecule has 46 heavy (non-hydrogen) atoms. The van der Waals surface area contributed by atoms with Crippen molar-refractivity contribution in [3.05, 3.63) is 97.1 Å². The Morgan fingerprint density at radius 3 is 1.33 bits per heavy atom. The molecule has 258 valence electrons. The van der Waals surface area contributed by atoms with Crippen molar-refractivity contribution < 1.29 is 64.2 Å². The number of thioether (sulfide) groups is 2. The number of aromatic amines is 2. The van der Waals surface area contributed by atoms with Crippen LogP contribution in [-0.4, -0.2) is 68.0 Å². The van der Waals surface area contributed by atoms with Crippen LogP contribution in [0.25, 0.3) is 0 Å². The monoisotopic (exact) mass is 768 g/mol. The Morgan fingerprint density at radius 2 is 1.09 bits per heavy atom. The van der Waals surface area contributed by atoms with Gasteiger partial charge in [0.1, 0.15) is 0 Å². The molecule has 0 saturated heterocycles. The van der Waals surface area contributed by atoms with Crippen molar-refractivity contribution in [1.29, 1.82) is 0 Å². The predicted octanol–water partition coefficient (Wildman–Crippen LogP) is 0.257. The first-order valence-corrected chi connectivity index (χ1v) is 16.3. The average molecular weight is 770 g/mol. The Labute approximate surface area is 299 Å². The molecule has 0 unspecified atom stereocenters. The van der Waals surface area contributed by atoms with Crippen LogP contribution in [0.1, 0.15) is 24.0 Å². The second-order valence-electron chi connectivity index (χ2n) is 8.80. The van der Waals surface area contributed by atoms with Crippen LogP contribution in [-0.2, 0) is 56.8 Å². The summed E-state index contributed by atoms with van der Waals surface area (Å²) in [4.78, 5) is 34.5. The Hall–Kier alpha value is -2.94. The predicted molar refractivity (Wildman–Crippen MR) is 166 cm³/mol. The molecule has 0 aliphatic heterocycles. The normalized spacial score (nSPS) is 10.8.